The van der Waals surface area contributed by atoms with Gasteiger partial charge in [-0.05, 0) is 51.0 Å². The van der Waals surface area contributed by atoms with Crippen molar-refractivity contribution in [3.05, 3.63) is 0 Å². The number of carbonyl (C=O) groups excluding carboxylic acids is 1. The number of likely N-dealkylation sites (tertiary alicyclic amines) is 1. The zero-order valence-electron chi connectivity index (χ0n) is 12.5. The molecule has 4 heteroatoms. The van der Waals surface area contributed by atoms with Crippen LogP contribution in [0.4, 0.5) is 0 Å². The van der Waals surface area contributed by atoms with Crippen molar-refractivity contribution >= 4 is 5.91 Å². The first-order valence-electron chi connectivity index (χ1n) is 7.56. The lowest BCUT2D eigenvalue weighted by Crippen LogP contribution is -2.56. The highest BCUT2D eigenvalue weighted by atomic mass is 16.3. The highest BCUT2D eigenvalue weighted by Crippen LogP contribution is 2.32. The van der Waals surface area contributed by atoms with Crippen LogP contribution in [0.3, 0.4) is 0 Å². The van der Waals surface area contributed by atoms with Crippen LogP contribution in [-0.2, 0) is 4.79 Å². The molecule has 2 N–H and O–H groups in total. The summed E-state index contributed by atoms with van der Waals surface area (Å²) in [6, 6.07) is -0.0655. The third-order valence-electron chi connectivity index (χ3n) is 4.75. The molecule has 0 aromatic heterocycles. The standard InChI is InChI=1S/C15H28N2O2/c1-14(2)6-4-9-16-12(14)13(18)17-10-5-7-15(3,19)8-11-17/h12,16,19H,4-11H2,1-3H3. The Kier molecular flexibility index (Phi) is 4.21. The second-order valence-corrected chi connectivity index (χ2v) is 7.16. The molecule has 2 aliphatic rings. The topological polar surface area (TPSA) is 52.6 Å². The molecule has 0 spiro atoms. The van der Waals surface area contributed by atoms with Crippen molar-refractivity contribution in [3.63, 3.8) is 0 Å². The highest BCUT2D eigenvalue weighted by Gasteiger charge is 2.40. The van der Waals surface area contributed by atoms with Crippen LogP contribution in [0.5, 0.6) is 0 Å². The van der Waals surface area contributed by atoms with Crippen molar-refractivity contribution in [2.75, 3.05) is 19.6 Å². The van der Waals surface area contributed by atoms with Crippen molar-refractivity contribution < 1.29 is 9.90 Å². The van der Waals surface area contributed by atoms with Crippen LogP contribution in [0.2, 0.25) is 0 Å². The van der Waals surface area contributed by atoms with Gasteiger partial charge in [-0.25, -0.2) is 0 Å². The average Bonchev–Trinajstić information content (AvgIpc) is 2.49. The third-order valence-corrected chi connectivity index (χ3v) is 4.75. The van der Waals surface area contributed by atoms with E-state index in [-0.39, 0.29) is 17.4 Å². The lowest BCUT2D eigenvalue weighted by Gasteiger charge is -2.40. The van der Waals surface area contributed by atoms with Crippen LogP contribution < -0.4 is 5.32 Å². The molecule has 1 amide bonds. The van der Waals surface area contributed by atoms with Gasteiger partial charge in [0.2, 0.25) is 5.91 Å². The van der Waals surface area contributed by atoms with Gasteiger partial charge >= 0.3 is 0 Å². The fraction of sp³-hybridized carbons (Fsp3) is 0.933. The Hall–Kier alpha value is -0.610. The van der Waals surface area contributed by atoms with E-state index in [2.05, 4.69) is 19.2 Å². The molecule has 0 radical (unpaired) electrons. The number of hydrogen-bond donors (Lipinski definition) is 2. The van der Waals surface area contributed by atoms with E-state index in [4.69, 9.17) is 0 Å². The summed E-state index contributed by atoms with van der Waals surface area (Å²) in [5, 5.41) is 13.5. The lowest BCUT2D eigenvalue weighted by atomic mass is 9.77. The fourth-order valence-electron chi connectivity index (χ4n) is 3.30. The van der Waals surface area contributed by atoms with E-state index >= 15 is 0 Å². The van der Waals surface area contributed by atoms with Crippen molar-refractivity contribution in [1.29, 1.82) is 0 Å². The summed E-state index contributed by atoms with van der Waals surface area (Å²) in [6.45, 7) is 8.63. The summed E-state index contributed by atoms with van der Waals surface area (Å²) in [7, 11) is 0. The third kappa shape index (κ3) is 3.48. The van der Waals surface area contributed by atoms with Crippen LogP contribution in [0.1, 0.15) is 52.9 Å². The molecular formula is C15H28N2O2. The second kappa shape index (κ2) is 5.41. The maximum absolute atomic E-state index is 12.7. The molecule has 0 bridgehead atoms. The number of rotatable bonds is 1. The first-order chi connectivity index (χ1) is 8.82. The summed E-state index contributed by atoms with van der Waals surface area (Å²) >= 11 is 0. The minimum absolute atomic E-state index is 0.0319. The molecule has 0 saturated carbocycles. The van der Waals surface area contributed by atoms with Gasteiger partial charge in [-0.1, -0.05) is 13.8 Å². The van der Waals surface area contributed by atoms with Crippen LogP contribution in [-0.4, -0.2) is 47.2 Å². The predicted octanol–water partition coefficient (Wildman–Crippen LogP) is 1.53. The minimum atomic E-state index is -0.607. The van der Waals surface area contributed by atoms with Gasteiger partial charge < -0.3 is 15.3 Å². The summed E-state index contributed by atoms with van der Waals surface area (Å²) in [5.41, 5.74) is -0.575. The minimum Gasteiger partial charge on any atom is -0.390 e. The number of amides is 1. The molecule has 19 heavy (non-hydrogen) atoms. The van der Waals surface area contributed by atoms with Gasteiger partial charge in [0.25, 0.3) is 0 Å². The molecule has 2 aliphatic heterocycles. The van der Waals surface area contributed by atoms with Crippen LogP contribution >= 0.6 is 0 Å². The highest BCUT2D eigenvalue weighted by molar-refractivity contribution is 5.83. The summed E-state index contributed by atoms with van der Waals surface area (Å²) < 4.78 is 0. The number of aliphatic hydroxyl groups is 1. The normalized spacial score (nSPS) is 35.8. The van der Waals surface area contributed by atoms with Crippen molar-refractivity contribution in [2.24, 2.45) is 5.41 Å². The van der Waals surface area contributed by atoms with Gasteiger partial charge in [-0.3, -0.25) is 4.79 Å². The van der Waals surface area contributed by atoms with Gasteiger partial charge in [0.1, 0.15) is 0 Å². The predicted molar refractivity (Wildman–Crippen MR) is 75.9 cm³/mol. The number of piperidine rings is 1. The van der Waals surface area contributed by atoms with Crippen LogP contribution in [0, 0.1) is 5.41 Å². The van der Waals surface area contributed by atoms with Crippen LogP contribution in [0.15, 0.2) is 0 Å². The molecule has 2 saturated heterocycles. The molecule has 0 aliphatic carbocycles. The van der Waals surface area contributed by atoms with E-state index in [0.717, 1.165) is 38.8 Å². The molecule has 2 heterocycles. The largest absolute Gasteiger partial charge is 0.390 e. The van der Waals surface area contributed by atoms with Gasteiger partial charge in [-0.2, -0.15) is 0 Å². The summed E-state index contributed by atoms with van der Waals surface area (Å²) in [4.78, 5) is 14.7. The van der Waals surface area contributed by atoms with Crippen molar-refractivity contribution in [3.8, 4) is 0 Å². The Bertz CT molecular complexity index is 339. The number of nitrogens with zero attached hydrogens (tertiary/aromatic N) is 1. The summed E-state index contributed by atoms with van der Waals surface area (Å²) in [5.74, 6) is 0.224. The molecule has 110 valence electrons. The SMILES string of the molecule is CC1(O)CCCN(C(=O)C2NCCCC2(C)C)CC1. The maximum atomic E-state index is 12.7. The molecule has 2 rings (SSSR count). The van der Waals surface area contributed by atoms with Gasteiger partial charge in [0.05, 0.1) is 11.6 Å². The smallest absolute Gasteiger partial charge is 0.240 e. The van der Waals surface area contributed by atoms with Gasteiger partial charge in [0.15, 0.2) is 0 Å². The fourth-order valence-corrected chi connectivity index (χ4v) is 3.30. The number of hydrogen-bond acceptors (Lipinski definition) is 3. The van der Waals surface area contributed by atoms with E-state index in [9.17, 15) is 9.90 Å². The number of carbonyl (C=O) groups is 1. The quantitative estimate of drug-likeness (QED) is 0.758. The van der Waals surface area contributed by atoms with E-state index in [0.29, 0.717) is 13.0 Å². The monoisotopic (exact) mass is 268 g/mol. The number of nitrogens with one attached hydrogen (secondary N) is 1. The molecule has 2 atom stereocenters. The first kappa shape index (κ1) is 14.8. The molecule has 0 aromatic carbocycles. The maximum Gasteiger partial charge on any atom is 0.240 e. The lowest BCUT2D eigenvalue weighted by molar-refractivity contribution is -0.137. The molecule has 2 unspecified atom stereocenters. The zero-order chi connectivity index (χ0) is 14.1. The van der Waals surface area contributed by atoms with Crippen molar-refractivity contribution in [2.45, 2.75) is 64.5 Å². The Labute approximate surface area is 116 Å². The molecular weight excluding hydrogens is 240 g/mol. The Morgan fingerprint density at radius 1 is 1.16 bits per heavy atom. The molecule has 0 aromatic rings. The molecule has 2 fully saturated rings. The van der Waals surface area contributed by atoms with Crippen LogP contribution in [0.25, 0.3) is 0 Å². The molecule has 4 nitrogen and oxygen atoms in total. The van der Waals surface area contributed by atoms with E-state index in [1.807, 2.05) is 11.8 Å². The summed E-state index contributed by atoms with van der Waals surface area (Å²) in [6.07, 6.45) is 4.61. The van der Waals surface area contributed by atoms with Gasteiger partial charge in [-0.15, -0.1) is 0 Å². The average molecular weight is 268 g/mol. The van der Waals surface area contributed by atoms with E-state index in [1.54, 1.807) is 0 Å². The van der Waals surface area contributed by atoms with E-state index < -0.39 is 5.60 Å². The van der Waals surface area contributed by atoms with Gasteiger partial charge in [0, 0.05) is 13.1 Å². The Morgan fingerprint density at radius 3 is 2.58 bits per heavy atom. The van der Waals surface area contributed by atoms with Crippen molar-refractivity contribution in [1.82, 2.24) is 10.2 Å². The Morgan fingerprint density at radius 2 is 1.89 bits per heavy atom. The Balaban J connectivity index is 2.02. The second-order valence-electron chi connectivity index (χ2n) is 7.16. The first-order valence-corrected chi connectivity index (χ1v) is 7.56. The van der Waals surface area contributed by atoms with E-state index in [1.165, 1.54) is 0 Å². The zero-order valence-corrected chi connectivity index (χ0v) is 12.5.